The van der Waals surface area contributed by atoms with E-state index in [1.165, 1.54) is 13.8 Å². The number of hydrogen-bond donors (Lipinski definition) is 2. The van der Waals surface area contributed by atoms with Crippen LogP contribution in [0, 0.1) is 12.8 Å². The molecule has 1 fully saturated rings. The molecular formula is C33H34F6N2O3. The van der Waals surface area contributed by atoms with Crippen LogP contribution in [0.15, 0.2) is 54.7 Å². The maximum absolute atomic E-state index is 13.5. The number of benzene rings is 2. The van der Waals surface area contributed by atoms with E-state index >= 15 is 0 Å². The highest BCUT2D eigenvalue weighted by Crippen LogP contribution is 2.41. The number of Topliss-reactive ketones (excluding diaryl/α,β-unsaturated/α-hetero) is 1. The molecule has 2 aromatic carbocycles. The van der Waals surface area contributed by atoms with Crippen LogP contribution in [0.1, 0.15) is 79.8 Å². The molecule has 44 heavy (non-hydrogen) atoms. The number of anilines is 1. The van der Waals surface area contributed by atoms with E-state index in [-0.39, 0.29) is 30.9 Å². The molecule has 0 saturated heterocycles. The SMILES string of the molecule is Cc1ccccc1-c1cc(C2CCC(CC(=O)O)CC2)ncc1NCC(=O)C(C)(C)c1cc(C(F)(F)F)cc(C(F)(F)F)c1. The predicted molar refractivity (Wildman–Crippen MR) is 154 cm³/mol. The fraction of sp³-hybridized carbons (Fsp3) is 0.424. The van der Waals surface area contributed by atoms with Gasteiger partial charge in [0, 0.05) is 23.6 Å². The van der Waals surface area contributed by atoms with Gasteiger partial charge in [0.25, 0.3) is 0 Å². The Kier molecular flexibility index (Phi) is 9.46. The van der Waals surface area contributed by atoms with Crippen LogP contribution in [0.3, 0.4) is 0 Å². The number of carboxylic acid groups (broad SMARTS) is 1. The van der Waals surface area contributed by atoms with Crippen LogP contribution in [0.2, 0.25) is 0 Å². The van der Waals surface area contributed by atoms with Gasteiger partial charge in [-0.15, -0.1) is 0 Å². The quantitative estimate of drug-likeness (QED) is 0.234. The second-order valence-corrected chi connectivity index (χ2v) is 12.0. The molecule has 3 aromatic rings. The van der Waals surface area contributed by atoms with Crippen LogP contribution in [0.25, 0.3) is 11.1 Å². The summed E-state index contributed by atoms with van der Waals surface area (Å²) in [6, 6.07) is 10.7. The van der Waals surface area contributed by atoms with Crippen molar-refractivity contribution in [2.45, 2.75) is 76.6 Å². The van der Waals surface area contributed by atoms with E-state index in [1.54, 1.807) is 6.20 Å². The number of halogens is 6. The normalized spacial score (nSPS) is 17.8. The lowest BCUT2D eigenvalue weighted by molar-refractivity contribution is -0.143. The molecule has 0 unspecified atom stereocenters. The van der Waals surface area contributed by atoms with Crippen molar-refractivity contribution in [3.8, 4) is 11.1 Å². The first-order chi connectivity index (χ1) is 20.5. The maximum Gasteiger partial charge on any atom is 0.416 e. The maximum atomic E-state index is 13.5. The van der Waals surface area contributed by atoms with Gasteiger partial charge < -0.3 is 10.4 Å². The van der Waals surface area contributed by atoms with Gasteiger partial charge in [0.1, 0.15) is 0 Å². The number of nitrogens with one attached hydrogen (secondary N) is 1. The third kappa shape index (κ3) is 7.60. The molecule has 236 valence electrons. The fourth-order valence-corrected chi connectivity index (χ4v) is 5.72. The van der Waals surface area contributed by atoms with E-state index in [0.717, 1.165) is 48.1 Å². The molecule has 1 heterocycles. The second-order valence-electron chi connectivity index (χ2n) is 12.0. The van der Waals surface area contributed by atoms with Crippen molar-refractivity contribution in [2.75, 3.05) is 11.9 Å². The number of carboxylic acids is 1. The molecule has 4 rings (SSSR count). The van der Waals surface area contributed by atoms with E-state index in [2.05, 4.69) is 10.3 Å². The Hall–Kier alpha value is -3.89. The number of aliphatic carboxylic acids is 1. The fourth-order valence-electron chi connectivity index (χ4n) is 5.72. The Balaban J connectivity index is 1.61. The number of rotatable bonds is 9. The van der Waals surface area contributed by atoms with Crippen molar-refractivity contribution >= 4 is 17.4 Å². The second kappa shape index (κ2) is 12.6. The predicted octanol–water partition coefficient (Wildman–Crippen LogP) is 8.80. The van der Waals surface area contributed by atoms with Crippen LogP contribution in [0.4, 0.5) is 32.0 Å². The number of pyridine rings is 1. The van der Waals surface area contributed by atoms with Gasteiger partial charge in [-0.3, -0.25) is 14.6 Å². The third-order valence-electron chi connectivity index (χ3n) is 8.53. The Labute approximate surface area is 251 Å². The van der Waals surface area contributed by atoms with Crippen LogP contribution >= 0.6 is 0 Å². The highest BCUT2D eigenvalue weighted by atomic mass is 19.4. The Morgan fingerprint density at radius 1 is 0.864 bits per heavy atom. The van der Waals surface area contributed by atoms with Gasteiger partial charge in [0.2, 0.25) is 0 Å². The van der Waals surface area contributed by atoms with E-state index < -0.39 is 46.2 Å². The standard InChI is InChI=1S/C33H34F6N2O3/c1-19-6-4-5-7-25(19)26-16-27(21-10-8-20(9-11-21)12-30(43)44)40-17-28(26)41-18-29(42)31(2,3)22-13-23(32(34,35)36)15-24(14-22)33(37,38)39/h4-7,13-17,20-21,41H,8-12,18H2,1-3H3,(H,43,44). The van der Waals surface area contributed by atoms with Gasteiger partial charge in [0.15, 0.2) is 5.78 Å². The minimum absolute atomic E-state index is 0.0443. The number of aryl methyl sites for hydroxylation is 1. The van der Waals surface area contributed by atoms with Gasteiger partial charge >= 0.3 is 18.3 Å². The topological polar surface area (TPSA) is 79.3 Å². The molecule has 1 aliphatic carbocycles. The Morgan fingerprint density at radius 2 is 1.43 bits per heavy atom. The molecule has 1 aliphatic rings. The highest BCUT2D eigenvalue weighted by Gasteiger charge is 2.40. The molecule has 0 atom stereocenters. The highest BCUT2D eigenvalue weighted by molar-refractivity contribution is 5.93. The molecule has 0 aliphatic heterocycles. The number of aromatic nitrogens is 1. The zero-order valence-electron chi connectivity index (χ0n) is 24.6. The lowest BCUT2D eigenvalue weighted by Crippen LogP contribution is -2.35. The molecule has 0 amide bonds. The molecule has 0 radical (unpaired) electrons. The van der Waals surface area contributed by atoms with Crippen molar-refractivity contribution in [1.29, 1.82) is 0 Å². The van der Waals surface area contributed by atoms with Crippen molar-refractivity contribution < 1.29 is 41.0 Å². The first-order valence-electron chi connectivity index (χ1n) is 14.3. The summed E-state index contributed by atoms with van der Waals surface area (Å²) in [5.41, 5.74) is -1.12. The minimum atomic E-state index is -5.03. The van der Waals surface area contributed by atoms with E-state index in [0.29, 0.717) is 17.8 Å². The molecule has 2 N–H and O–H groups in total. The van der Waals surface area contributed by atoms with Crippen molar-refractivity contribution in [2.24, 2.45) is 5.92 Å². The monoisotopic (exact) mass is 620 g/mol. The molecule has 1 aromatic heterocycles. The van der Waals surface area contributed by atoms with E-state index in [1.807, 2.05) is 37.3 Å². The zero-order chi connectivity index (χ0) is 32.4. The van der Waals surface area contributed by atoms with Crippen molar-refractivity contribution in [1.82, 2.24) is 4.98 Å². The summed E-state index contributed by atoms with van der Waals surface area (Å²) in [4.78, 5) is 29.2. The first kappa shape index (κ1) is 33.0. The smallest absolute Gasteiger partial charge is 0.416 e. The molecule has 5 nitrogen and oxygen atoms in total. The number of hydrogen-bond acceptors (Lipinski definition) is 4. The lowest BCUT2D eigenvalue weighted by Gasteiger charge is -2.28. The minimum Gasteiger partial charge on any atom is -0.481 e. The van der Waals surface area contributed by atoms with E-state index in [4.69, 9.17) is 5.11 Å². The van der Waals surface area contributed by atoms with Gasteiger partial charge in [-0.05, 0) is 93.3 Å². The number of carbonyl (C=O) groups is 2. The van der Waals surface area contributed by atoms with Crippen LogP contribution in [0.5, 0.6) is 0 Å². The average Bonchev–Trinajstić information content (AvgIpc) is 2.95. The Bertz CT molecular complexity index is 1490. The van der Waals surface area contributed by atoms with Gasteiger partial charge in [0.05, 0.1) is 35.0 Å². The molecule has 0 spiro atoms. The van der Waals surface area contributed by atoms with Crippen LogP contribution < -0.4 is 5.32 Å². The number of nitrogens with zero attached hydrogens (tertiary/aromatic N) is 1. The molecule has 1 saturated carbocycles. The number of alkyl halides is 6. The summed E-state index contributed by atoms with van der Waals surface area (Å²) in [5, 5.41) is 12.2. The molecule has 0 bridgehead atoms. The summed E-state index contributed by atoms with van der Waals surface area (Å²) in [5.74, 6) is -1.17. The summed E-state index contributed by atoms with van der Waals surface area (Å²) in [7, 11) is 0. The third-order valence-corrected chi connectivity index (χ3v) is 8.53. The van der Waals surface area contributed by atoms with Gasteiger partial charge in [-0.1, -0.05) is 24.3 Å². The number of carbonyl (C=O) groups excluding carboxylic acids is 1. The molecular weight excluding hydrogens is 586 g/mol. The van der Waals surface area contributed by atoms with Crippen LogP contribution in [-0.4, -0.2) is 28.4 Å². The lowest BCUT2D eigenvalue weighted by atomic mass is 9.78. The summed E-state index contributed by atoms with van der Waals surface area (Å²) < 4.78 is 80.8. The molecule has 11 heteroatoms. The summed E-state index contributed by atoms with van der Waals surface area (Å²) in [6.45, 7) is 4.16. The zero-order valence-corrected chi connectivity index (χ0v) is 24.6. The summed E-state index contributed by atoms with van der Waals surface area (Å²) >= 11 is 0. The number of ketones is 1. The van der Waals surface area contributed by atoms with E-state index in [9.17, 15) is 35.9 Å². The Morgan fingerprint density at radius 3 is 1.98 bits per heavy atom. The first-order valence-corrected chi connectivity index (χ1v) is 14.3. The average molecular weight is 621 g/mol. The summed E-state index contributed by atoms with van der Waals surface area (Å²) in [6.07, 6.45) is -5.21. The van der Waals surface area contributed by atoms with Crippen LogP contribution in [-0.2, 0) is 27.4 Å². The van der Waals surface area contributed by atoms with Gasteiger partial charge in [-0.25, -0.2) is 0 Å². The van der Waals surface area contributed by atoms with Crippen molar-refractivity contribution in [3.63, 3.8) is 0 Å². The van der Waals surface area contributed by atoms with Crippen molar-refractivity contribution in [3.05, 3.63) is 82.7 Å². The largest absolute Gasteiger partial charge is 0.481 e. The van der Waals surface area contributed by atoms with Gasteiger partial charge in [-0.2, -0.15) is 26.3 Å².